The van der Waals surface area contributed by atoms with Crippen LogP contribution in [0.15, 0.2) is 70.2 Å². The van der Waals surface area contributed by atoms with Crippen LogP contribution in [0.5, 0.6) is 5.75 Å². The SMILES string of the molecule is NC(=NCc1cc(-c2ccccc2)on1)Nc1ccccc1OC(F)(F)F. The summed E-state index contributed by atoms with van der Waals surface area (Å²) in [4.78, 5) is 4.06. The Morgan fingerprint density at radius 3 is 2.56 bits per heavy atom. The molecule has 0 amide bonds. The molecule has 3 N–H and O–H groups in total. The van der Waals surface area contributed by atoms with Gasteiger partial charge in [0.05, 0.1) is 12.2 Å². The van der Waals surface area contributed by atoms with Crippen LogP contribution in [-0.2, 0) is 6.54 Å². The molecule has 3 aromatic rings. The highest BCUT2D eigenvalue weighted by molar-refractivity contribution is 5.93. The van der Waals surface area contributed by atoms with E-state index < -0.39 is 12.1 Å². The first-order valence-electron chi connectivity index (χ1n) is 7.83. The van der Waals surface area contributed by atoms with E-state index in [1.54, 1.807) is 12.1 Å². The van der Waals surface area contributed by atoms with Crippen molar-refractivity contribution < 1.29 is 22.4 Å². The maximum absolute atomic E-state index is 12.4. The summed E-state index contributed by atoms with van der Waals surface area (Å²) in [7, 11) is 0. The van der Waals surface area contributed by atoms with Crippen LogP contribution in [0.1, 0.15) is 5.69 Å². The number of benzene rings is 2. The van der Waals surface area contributed by atoms with Gasteiger partial charge in [0.1, 0.15) is 5.69 Å². The van der Waals surface area contributed by atoms with Crippen molar-refractivity contribution in [1.29, 1.82) is 0 Å². The summed E-state index contributed by atoms with van der Waals surface area (Å²) < 4.78 is 46.5. The molecule has 0 saturated carbocycles. The number of para-hydroxylation sites is 2. The lowest BCUT2D eigenvalue weighted by molar-refractivity contribution is -0.274. The standard InChI is InChI=1S/C18H15F3N4O2/c19-18(20,21)26-15-9-5-4-8-14(15)24-17(22)23-11-13-10-16(27-25-13)12-6-2-1-3-7-12/h1-10H,11H2,(H3,22,23,24). The average Bonchev–Trinajstić information content (AvgIpc) is 3.10. The van der Waals surface area contributed by atoms with E-state index in [2.05, 4.69) is 20.2 Å². The van der Waals surface area contributed by atoms with Crippen molar-refractivity contribution in [1.82, 2.24) is 5.16 Å². The molecule has 140 valence electrons. The van der Waals surface area contributed by atoms with E-state index in [0.29, 0.717) is 11.5 Å². The van der Waals surface area contributed by atoms with Gasteiger partial charge in [0.2, 0.25) is 0 Å². The van der Waals surface area contributed by atoms with E-state index >= 15 is 0 Å². The summed E-state index contributed by atoms with van der Waals surface area (Å²) in [5.74, 6) is 0.0877. The van der Waals surface area contributed by atoms with Crippen LogP contribution >= 0.6 is 0 Å². The smallest absolute Gasteiger partial charge is 0.404 e. The number of anilines is 1. The molecule has 1 heterocycles. The van der Waals surface area contributed by atoms with Gasteiger partial charge in [-0.2, -0.15) is 0 Å². The molecule has 6 nitrogen and oxygen atoms in total. The minimum Gasteiger partial charge on any atom is -0.404 e. The number of aromatic nitrogens is 1. The fourth-order valence-corrected chi connectivity index (χ4v) is 2.25. The molecule has 0 radical (unpaired) electrons. The van der Waals surface area contributed by atoms with Gasteiger partial charge in [-0.05, 0) is 12.1 Å². The Morgan fingerprint density at radius 1 is 1.11 bits per heavy atom. The highest BCUT2D eigenvalue weighted by Crippen LogP contribution is 2.29. The highest BCUT2D eigenvalue weighted by Gasteiger charge is 2.32. The molecule has 0 aliphatic heterocycles. The van der Waals surface area contributed by atoms with E-state index in [1.807, 2.05) is 30.3 Å². The van der Waals surface area contributed by atoms with Crippen molar-refractivity contribution in [3.63, 3.8) is 0 Å². The second-order valence-electron chi connectivity index (χ2n) is 5.42. The van der Waals surface area contributed by atoms with Gasteiger partial charge in [-0.3, -0.25) is 0 Å². The largest absolute Gasteiger partial charge is 0.573 e. The normalized spacial score (nSPS) is 12.0. The van der Waals surface area contributed by atoms with Crippen molar-refractivity contribution in [2.24, 2.45) is 10.7 Å². The minimum absolute atomic E-state index is 0.0428. The molecule has 3 rings (SSSR count). The maximum atomic E-state index is 12.4. The summed E-state index contributed by atoms with van der Waals surface area (Å²) in [6, 6.07) is 16.6. The summed E-state index contributed by atoms with van der Waals surface area (Å²) in [6.45, 7) is 0.0947. The predicted molar refractivity (Wildman–Crippen MR) is 94.0 cm³/mol. The van der Waals surface area contributed by atoms with Gasteiger partial charge in [0.15, 0.2) is 17.5 Å². The van der Waals surface area contributed by atoms with Gasteiger partial charge in [-0.15, -0.1) is 13.2 Å². The van der Waals surface area contributed by atoms with Gasteiger partial charge in [0, 0.05) is 11.6 Å². The molecule has 0 aliphatic rings. The number of guanidine groups is 1. The molecule has 0 unspecified atom stereocenters. The molecule has 2 aromatic carbocycles. The van der Waals surface area contributed by atoms with E-state index in [4.69, 9.17) is 10.3 Å². The van der Waals surface area contributed by atoms with Crippen LogP contribution in [0, 0.1) is 0 Å². The first-order valence-corrected chi connectivity index (χ1v) is 7.83. The molecular formula is C18H15F3N4O2. The number of halogens is 3. The molecule has 27 heavy (non-hydrogen) atoms. The fraction of sp³-hybridized carbons (Fsp3) is 0.111. The van der Waals surface area contributed by atoms with E-state index in [0.717, 1.165) is 5.56 Å². The van der Waals surface area contributed by atoms with E-state index in [9.17, 15) is 13.2 Å². The Balaban J connectivity index is 1.67. The number of aliphatic imine (C=N–C) groups is 1. The predicted octanol–water partition coefficient (Wildman–Crippen LogP) is 4.17. The second kappa shape index (κ2) is 7.81. The van der Waals surface area contributed by atoms with Crippen LogP contribution in [0.25, 0.3) is 11.3 Å². The molecule has 0 aliphatic carbocycles. The Morgan fingerprint density at radius 2 is 1.81 bits per heavy atom. The third-order valence-corrected chi connectivity index (χ3v) is 3.40. The summed E-state index contributed by atoms with van der Waals surface area (Å²) >= 11 is 0. The first kappa shape index (κ1) is 18.3. The third kappa shape index (κ3) is 5.24. The zero-order valence-electron chi connectivity index (χ0n) is 13.9. The summed E-state index contributed by atoms with van der Waals surface area (Å²) in [5.41, 5.74) is 7.18. The summed E-state index contributed by atoms with van der Waals surface area (Å²) in [5, 5.41) is 6.48. The number of ether oxygens (including phenoxy) is 1. The van der Waals surface area contributed by atoms with Crippen molar-refractivity contribution in [3.05, 3.63) is 66.4 Å². The lowest BCUT2D eigenvalue weighted by Gasteiger charge is -2.13. The number of nitrogens with two attached hydrogens (primary N) is 1. The van der Waals surface area contributed by atoms with Crippen molar-refractivity contribution >= 4 is 11.6 Å². The van der Waals surface area contributed by atoms with E-state index in [-0.39, 0.29) is 18.2 Å². The van der Waals surface area contributed by atoms with Crippen molar-refractivity contribution in [2.75, 3.05) is 5.32 Å². The number of hydrogen-bond donors (Lipinski definition) is 2. The average molecular weight is 376 g/mol. The van der Waals surface area contributed by atoms with Crippen LogP contribution in [0.4, 0.5) is 18.9 Å². The lowest BCUT2D eigenvalue weighted by atomic mass is 10.2. The number of hydrogen-bond acceptors (Lipinski definition) is 4. The van der Waals surface area contributed by atoms with Gasteiger partial charge in [-0.1, -0.05) is 47.6 Å². The third-order valence-electron chi connectivity index (χ3n) is 3.40. The zero-order valence-corrected chi connectivity index (χ0v) is 13.9. The Bertz CT molecular complexity index is 924. The van der Waals surface area contributed by atoms with Gasteiger partial charge >= 0.3 is 6.36 Å². The Hall–Kier alpha value is -3.49. The topological polar surface area (TPSA) is 85.7 Å². The molecule has 0 spiro atoms. The maximum Gasteiger partial charge on any atom is 0.573 e. The minimum atomic E-state index is -4.81. The lowest BCUT2D eigenvalue weighted by Crippen LogP contribution is -2.24. The van der Waals surface area contributed by atoms with Crippen molar-refractivity contribution in [2.45, 2.75) is 12.9 Å². The van der Waals surface area contributed by atoms with E-state index in [1.165, 1.54) is 18.2 Å². The monoisotopic (exact) mass is 376 g/mol. The van der Waals surface area contributed by atoms with Crippen LogP contribution in [0.3, 0.4) is 0 Å². The highest BCUT2D eigenvalue weighted by atomic mass is 19.4. The van der Waals surface area contributed by atoms with Crippen LogP contribution in [-0.4, -0.2) is 17.5 Å². The number of nitrogens with one attached hydrogen (secondary N) is 1. The molecular weight excluding hydrogens is 361 g/mol. The van der Waals surface area contributed by atoms with Crippen LogP contribution < -0.4 is 15.8 Å². The number of alkyl halides is 3. The Kier molecular flexibility index (Phi) is 5.30. The van der Waals surface area contributed by atoms with Gasteiger partial charge in [-0.25, -0.2) is 4.99 Å². The summed E-state index contributed by atoms with van der Waals surface area (Å²) in [6.07, 6.45) is -4.81. The van der Waals surface area contributed by atoms with Crippen molar-refractivity contribution in [3.8, 4) is 17.1 Å². The molecule has 0 bridgehead atoms. The second-order valence-corrected chi connectivity index (χ2v) is 5.42. The van der Waals surface area contributed by atoms with Gasteiger partial charge < -0.3 is 20.3 Å². The molecule has 9 heteroatoms. The quantitative estimate of drug-likeness (QED) is 0.516. The molecule has 1 aromatic heterocycles. The molecule has 0 saturated heterocycles. The number of rotatable bonds is 5. The number of nitrogens with zero attached hydrogens (tertiary/aromatic N) is 2. The fourth-order valence-electron chi connectivity index (χ4n) is 2.25. The molecule has 0 atom stereocenters. The first-order chi connectivity index (χ1) is 12.9. The van der Waals surface area contributed by atoms with Crippen LogP contribution in [0.2, 0.25) is 0 Å². The Labute approximate surface area is 152 Å². The molecule has 0 fully saturated rings. The van der Waals surface area contributed by atoms with Gasteiger partial charge in [0.25, 0.3) is 0 Å². The zero-order chi connectivity index (χ0) is 19.3.